The molecule has 1 aliphatic rings. The molecule has 116 valence electrons. The van der Waals surface area contributed by atoms with Crippen molar-refractivity contribution in [1.29, 1.82) is 0 Å². The van der Waals surface area contributed by atoms with Gasteiger partial charge in [0.2, 0.25) is 0 Å². The average Bonchev–Trinajstić information content (AvgIpc) is 3.05. The summed E-state index contributed by atoms with van der Waals surface area (Å²) in [7, 11) is 0. The Kier molecular flexibility index (Phi) is 4.38. The summed E-state index contributed by atoms with van der Waals surface area (Å²) in [6.07, 6.45) is 0.537. The van der Waals surface area contributed by atoms with Gasteiger partial charge in [0, 0.05) is 12.1 Å². The number of rotatable bonds is 3. The molecule has 0 radical (unpaired) electrons. The Morgan fingerprint density at radius 3 is 2.61 bits per heavy atom. The molecule has 0 bridgehead atoms. The predicted molar refractivity (Wildman–Crippen MR) is 87.9 cm³/mol. The number of hydrogen-bond acceptors (Lipinski definition) is 4. The fourth-order valence-corrected chi connectivity index (χ4v) is 2.73. The van der Waals surface area contributed by atoms with E-state index in [0.29, 0.717) is 24.3 Å². The minimum Gasteiger partial charge on any atom is -0.425 e. The highest BCUT2D eigenvalue weighted by atomic mass is 16.5. The van der Waals surface area contributed by atoms with E-state index < -0.39 is 12.0 Å². The van der Waals surface area contributed by atoms with Gasteiger partial charge >= 0.3 is 5.97 Å². The molecule has 0 aliphatic carbocycles. The highest BCUT2D eigenvalue weighted by Crippen LogP contribution is 2.25. The molecule has 4 nitrogen and oxygen atoms in total. The number of benzene rings is 2. The second kappa shape index (κ2) is 6.61. The molecular formula is C19H17NO3. The number of nitrogens with one attached hydrogen (secondary N) is 1. The fraction of sp³-hybridized carbons (Fsp3) is 0.211. The molecule has 1 aliphatic heterocycles. The first-order valence-corrected chi connectivity index (χ1v) is 7.54. The van der Waals surface area contributed by atoms with E-state index in [2.05, 4.69) is 24.4 Å². The smallest absolute Gasteiger partial charge is 0.333 e. The summed E-state index contributed by atoms with van der Waals surface area (Å²) < 4.78 is 5.35. The van der Waals surface area contributed by atoms with Crippen molar-refractivity contribution in [2.45, 2.75) is 19.4 Å². The molecule has 1 unspecified atom stereocenters. The summed E-state index contributed by atoms with van der Waals surface area (Å²) in [5.74, 6) is 1.82. The monoisotopic (exact) mass is 307 g/mol. The van der Waals surface area contributed by atoms with Crippen LogP contribution in [0.5, 0.6) is 5.75 Å². The van der Waals surface area contributed by atoms with Crippen molar-refractivity contribution >= 4 is 11.9 Å². The molecule has 0 spiro atoms. The molecule has 2 aromatic rings. The van der Waals surface area contributed by atoms with Gasteiger partial charge in [0.1, 0.15) is 17.7 Å². The zero-order chi connectivity index (χ0) is 16.2. The quantitative estimate of drug-likeness (QED) is 0.538. The summed E-state index contributed by atoms with van der Waals surface area (Å²) in [6.45, 7) is 2.65. The number of aryl methyl sites for hydroxylation is 1. The van der Waals surface area contributed by atoms with Crippen LogP contribution < -0.4 is 10.1 Å². The van der Waals surface area contributed by atoms with Gasteiger partial charge < -0.3 is 4.74 Å². The minimum absolute atomic E-state index is 0.423. The summed E-state index contributed by atoms with van der Waals surface area (Å²) >= 11 is 0. The first-order chi connectivity index (χ1) is 11.2. The molecule has 2 aromatic carbocycles. The van der Waals surface area contributed by atoms with Crippen LogP contribution in [0.25, 0.3) is 11.1 Å². The maximum Gasteiger partial charge on any atom is 0.333 e. The van der Waals surface area contributed by atoms with E-state index in [0.717, 1.165) is 11.1 Å². The van der Waals surface area contributed by atoms with Crippen molar-refractivity contribution < 1.29 is 14.3 Å². The molecule has 23 heavy (non-hydrogen) atoms. The van der Waals surface area contributed by atoms with Crippen molar-refractivity contribution in [2.75, 3.05) is 6.54 Å². The van der Waals surface area contributed by atoms with Crippen molar-refractivity contribution in [1.82, 2.24) is 5.32 Å². The molecule has 1 fully saturated rings. The van der Waals surface area contributed by atoms with Gasteiger partial charge in [-0.1, -0.05) is 36.4 Å². The molecule has 1 atom stereocenters. The molecule has 1 saturated heterocycles. The van der Waals surface area contributed by atoms with Crippen LogP contribution in [0.3, 0.4) is 0 Å². The molecule has 1 N–H and O–H groups in total. The van der Waals surface area contributed by atoms with Crippen molar-refractivity contribution in [3.8, 4) is 16.9 Å². The van der Waals surface area contributed by atoms with Gasteiger partial charge in [-0.2, -0.15) is 0 Å². The first kappa shape index (κ1) is 15.2. The van der Waals surface area contributed by atoms with Crippen LogP contribution in [-0.4, -0.2) is 24.5 Å². The average molecular weight is 307 g/mol. The summed E-state index contributed by atoms with van der Waals surface area (Å²) in [5, 5.41) is 2.95. The third-order valence-electron chi connectivity index (χ3n) is 3.99. The normalized spacial score (nSPS) is 16.9. The van der Waals surface area contributed by atoms with E-state index in [1.165, 1.54) is 5.56 Å². The van der Waals surface area contributed by atoms with Gasteiger partial charge in [0.05, 0.1) is 0 Å². The van der Waals surface area contributed by atoms with E-state index in [1.807, 2.05) is 30.2 Å². The maximum atomic E-state index is 12.1. The summed E-state index contributed by atoms with van der Waals surface area (Å²) in [4.78, 5) is 22.9. The van der Waals surface area contributed by atoms with E-state index in [9.17, 15) is 9.59 Å². The molecule has 0 saturated carbocycles. The van der Waals surface area contributed by atoms with Crippen molar-refractivity contribution in [3.05, 3.63) is 59.7 Å². The maximum absolute atomic E-state index is 12.1. The van der Waals surface area contributed by atoms with Crippen molar-refractivity contribution in [2.24, 2.45) is 0 Å². The van der Waals surface area contributed by atoms with Gasteiger partial charge in [-0.05, 0) is 42.2 Å². The molecule has 3 rings (SSSR count). The molecular weight excluding hydrogens is 290 g/mol. The lowest BCUT2D eigenvalue weighted by Gasteiger charge is -2.11. The Morgan fingerprint density at radius 1 is 1.17 bits per heavy atom. The largest absolute Gasteiger partial charge is 0.425 e. The Bertz CT molecular complexity index is 773. The van der Waals surface area contributed by atoms with Gasteiger partial charge in [-0.15, -0.1) is 0 Å². The minimum atomic E-state index is -0.677. The van der Waals surface area contributed by atoms with Crippen LogP contribution in [0.4, 0.5) is 0 Å². The van der Waals surface area contributed by atoms with Crippen LogP contribution in [0.2, 0.25) is 0 Å². The number of carbonyl (C=O) groups excluding carboxylic acids is 2. The zero-order valence-corrected chi connectivity index (χ0v) is 12.8. The summed E-state index contributed by atoms with van der Waals surface area (Å²) in [6, 6.07) is 14.8. The predicted octanol–water partition coefficient (Wildman–Crippen LogP) is 2.69. The standard InChI is InChI=1S/C19H17NO3/c1-13-4-2-3-5-17(13)14-6-8-16(9-7-14)23-19(22)18-15(12-21)10-11-20-18/h2-9,18,20H,10-11H2,1H3. The van der Waals surface area contributed by atoms with Gasteiger partial charge in [0.25, 0.3) is 0 Å². The Hall–Kier alpha value is -2.68. The highest BCUT2D eigenvalue weighted by Gasteiger charge is 2.30. The lowest BCUT2D eigenvalue weighted by Crippen LogP contribution is -2.35. The Balaban J connectivity index is 1.74. The Morgan fingerprint density at radius 2 is 1.91 bits per heavy atom. The highest BCUT2D eigenvalue weighted by molar-refractivity contribution is 5.85. The number of esters is 1. The van der Waals surface area contributed by atoms with Crippen LogP contribution in [-0.2, 0) is 9.59 Å². The van der Waals surface area contributed by atoms with Gasteiger partial charge in [-0.3, -0.25) is 5.32 Å². The molecule has 0 aromatic heterocycles. The first-order valence-electron chi connectivity index (χ1n) is 7.54. The van der Waals surface area contributed by atoms with E-state index in [1.54, 1.807) is 12.1 Å². The van der Waals surface area contributed by atoms with E-state index >= 15 is 0 Å². The number of ether oxygens (including phenoxy) is 1. The van der Waals surface area contributed by atoms with Gasteiger partial charge in [-0.25, -0.2) is 9.59 Å². The van der Waals surface area contributed by atoms with Crippen LogP contribution in [0.1, 0.15) is 12.0 Å². The number of hydrogen-bond donors (Lipinski definition) is 1. The van der Waals surface area contributed by atoms with E-state index in [4.69, 9.17) is 4.74 Å². The lowest BCUT2D eigenvalue weighted by molar-refractivity contribution is -0.135. The third-order valence-corrected chi connectivity index (χ3v) is 3.99. The molecule has 1 heterocycles. The fourth-order valence-electron chi connectivity index (χ4n) is 2.73. The van der Waals surface area contributed by atoms with Crippen LogP contribution in [0.15, 0.2) is 54.1 Å². The van der Waals surface area contributed by atoms with Gasteiger partial charge in [0.15, 0.2) is 0 Å². The zero-order valence-electron chi connectivity index (χ0n) is 12.8. The lowest BCUT2D eigenvalue weighted by atomic mass is 10.0. The van der Waals surface area contributed by atoms with Crippen LogP contribution in [0, 0.1) is 6.92 Å². The third kappa shape index (κ3) is 3.24. The topological polar surface area (TPSA) is 55.4 Å². The second-order valence-corrected chi connectivity index (χ2v) is 5.52. The van der Waals surface area contributed by atoms with E-state index in [-0.39, 0.29) is 0 Å². The molecule has 0 amide bonds. The number of carbonyl (C=O) groups is 1. The van der Waals surface area contributed by atoms with Crippen LogP contribution >= 0.6 is 0 Å². The Labute approximate surface area is 134 Å². The SMILES string of the molecule is Cc1ccccc1-c1ccc(OC(=O)C2NCCC2=C=O)cc1. The summed E-state index contributed by atoms with van der Waals surface area (Å²) in [5.41, 5.74) is 3.82. The second-order valence-electron chi connectivity index (χ2n) is 5.52. The molecule has 4 heteroatoms. The van der Waals surface area contributed by atoms with Crippen molar-refractivity contribution in [3.63, 3.8) is 0 Å².